The summed E-state index contributed by atoms with van der Waals surface area (Å²) in [6.07, 6.45) is 1.75. The molecule has 2 aromatic carbocycles. The van der Waals surface area contributed by atoms with Crippen molar-refractivity contribution >= 4 is 12.2 Å². The first-order valence-corrected chi connectivity index (χ1v) is 8.21. The molecule has 0 saturated heterocycles. The van der Waals surface area contributed by atoms with Gasteiger partial charge in [0, 0.05) is 5.56 Å². The summed E-state index contributed by atoms with van der Waals surface area (Å²) in [5, 5.41) is 4.41. The van der Waals surface area contributed by atoms with Gasteiger partial charge in [0.15, 0.2) is 6.67 Å². The molecule has 1 unspecified atom stereocenters. The number of benzene rings is 2. The van der Waals surface area contributed by atoms with Gasteiger partial charge in [-0.05, 0) is 42.9 Å². The molecule has 0 bridgehead atoms. The zero-order chi connectivity index (χ0) is 17.1. The topological polar surface area (TPSA) is 27.2 Å². The Labute approximate surface area is 145 Å². The number of aryl methyl sites for hydroxylation is 1. The second kappa shape index (κ2) is 7.07. The smallest absolute Gasteiger partial charge is 0.207 e. The molecule has 3 aromatic rings. The molecule has 1 heterocycles. The summed E-state index contributed by atoms with van der Waals surface area (Å²) in [6, 6.07) is 14.8. The van der Waals surface area contributed by atoms with Gasteiger partial charge in [0.2, 0.25) is 4.77 Å². The maximum absolute atomic E-state index is 13.3. The largest absolute Gasteiger partial charge is 0.315 e. The predicted molar refractivity (Wildman–Crippen MR) is 94.1 cm³/mol. The standard InChI is InChI=1S/C18H19FN4S/c1-14-6-3-4-9-17(14)22-12-20-23(18(22)24)13-21(2)11-15-7-5-8-16(19)10-15/h3-10,12H,11,13H2,1-2H3/p+1. The first-order valence-electron chi connectivity index (χ1n) is 7.81. The predicted octanol–water partition coefficient (Wildman–Crippen LogP) is 2.52. The quantitative estimate of drug-likeness (QED) is 0.721. The third kappa shape index (κ3) is 3.60. The Kier molecular flexibility index (Phi) is 4.87. The van der Waals surface area contributed by atoms with E-state index in [-0.39, 0.29) is 5.82 Å². The SMILES string of the molecule is Cc1ccccc1-n1cnn(C[NH+](C)Cc2cccc(F)c2)c1=S. The van der Waals surface area contributed by atoms with Crippen molar-refractivity contribution in [3.05, 3.63) is 76.6 Å². The summed E-state index contributed by atoms with van der Waals surface area (Å²) in [7, 11) is 2.04. The van der Waals surface area contributed by atoms with Crippen LogP contribution in [0.2, 0.25) is 0 Å². The van der Waals surface area contributed by atoms with Gasteiger partial charge < -0.3 is 4.90 Å². The van der Waals surface area contributed by atoms with Gasteiger partial charge in [-0.25, -0.2) is 4.39 Å². The number of rotatable bonds is 5. The molecule has 24 heavy (non-hydrogen) atoms. The van der Waals surface area contributed by atoms with Gasteiger partial charge in [-0.2, -0.15) is 9.78 Å². The van der Waals surface area contributed by atoms with E-state index < -0.39 is 0 Å². The molecular formula is C18H20FN4S+. The Morgan fingerprint density at radius 3 is 2.71 bits per heavy atom. The summed E-state index contributed by atoms with van der Waals surface area (Å²) >= 11 is 5.56. The minimum atomic E-state index is -0.208. The zero-order valence-electron chi connectivity index (χ0n) is 13.7. The number of nitrogens with one attached hydrogen (secondary N) is 1. The van der Waals surface area contributed by atoms with Crippen LogP contribution in [0.4, 0.5) is 4.39 Å². The minimum absolute atomic E-state index is 0.208. The Morgan fingerprint density at radius 1 is 1.17 bits per heavy atom. The van der Waals surface area contributed by atoms with Gasteiger partial charge in [-0.3, -0.25) is 4.57 Å². The number of quaternary nitrogens is 1. The van der Waals surface area contributed by atoms with Gasteiger partial charge in [0.25, 0.3) is 0 Å². The van der Waals surface area contributed by atoms with Crippen molar-refractivity contribution in [3.8, 4) is 5.69 Å². The molecule has 0 saturated carbocycles. The summed E-state index contributed by atoms with van der Waals surface area (Å²) in [4.78, 5) is 1.17. The van der Waals surface area contributed by atoms with Crippen molar-refractivity contribution in [1.82, 2.24) is 14.3 Å². The highest BCUT2D eigenvalue weighted by atomic mass is 32.1. The van der Waals surface area contributed by atoms with Crippen LogP contribution in [0, 0.1) is 17.5 Å². The van der Waals surface area contributed by atoms with Crippen molar-refractivity contribution in [3.63, 3.8) is 0 Å². The molecule has 6 heteroatoms. The van der Waals surface area contributed by atoms with Crippen LogP contribution in [0.15, 0.2) is 54.9 Å². The Hall–Kier alpha value is -2.31. The van der Waals surface area contributed by atoms with E-state index in [1.165, 1.54) is 11.0 Å². The maximum atomic E-state index is 13.3. The molecule has 0 aliphatic carbocycles. The molecule has 3 rings (SSSR count). The second-order valence-corrected chi connectivity index (χ2v) is 6.36. The molecule has 124 valence electrons. The van der Waals surface area contributed by atoms with Gasteiger partial charge in [-0.1, -0.05) is 30.3 Å². The van der Waals surface area contributed by atoms with Crippen molar-refractivity contribution in [2.24, 2.45) is 0 Å². The molecule has 1 N–H and O–H groups in total. The molecular weight excluding hydrogens is 323 g/mol. The number of para-hydroxylation sites is 1. The van der Waals surface area contributed by atoms with Crippen LogP contribution in [0.3, 0.4) is 0 Å². The Bertz CT molecular complexity index is 900. The van der Waals surface area contributed by atoms with Gasteiger partial charge in [-0.15, -0.1) is 0 Å². The van der Waals surface area contributed by atoms with Gasteiger partial charge in [0.05, 0.1) is 12.7 Å². The van der Waals surface area contributed by atoms with Crippen LogP contribution in [0.25, 0.3) is 5.69 Å². The van der Waals surface area contributed by atoms with Crippen LogP contribution in [-0.2, 0) is 13.2 Å². The number of nitrogens with zero attached hydrogens (tertiary/aromatic N) is 3. The lowest BCUT2D eigenvalue weighted by atomic mass is 10.2. The molecule has 1 atom stereocenters. The molecule has 0 aliphatic heterocycles. The molecule has 4 nitrogen and oxygen atoms in total. The molecule has 1 aromatic heterocycles. The molecule has 0 spiro atoms. The highest BCUT2D eigenvalue weighted by Crippen LogP contribution is 2.13. The third-order valence-electron chi connectivity index (χ3n) is 3.92. The van der Waals surface area contributed by atoms with E-state index in [1.807, 2.05) is 35.9 Å². The van der Waals surface area contributed by atoms with E-state index in [2.05, 4.69) is 18.1 Å². The first kappa shape index (κ1) is 16.5. The van der Waals surface area contributed by atoms with E-state index in [4.69, 9.17) is 12.2 Å². The van der Waals surface area contributed by atoms with E-state index in [9.17, 15) is 4.39 Å². The van der Waals surface area contributed by atoms with Crippen molar-refractivity contribution in [2.45, 2.75) is 20.1 Å². The van der Waals surface area contributed by atoms with E-state index in [1.54, 1.807) is 23.1 Å². The van der Waals surface area contributed by atoms with E-state index in [0.717, 1.165) is 16.8 Å². The zero-order valence-corrected chi connectivity index (χ0v) is 14.6. The van der Waals surface area contributed by atoms with E-state index in [0.29, 0.717) is 18.0 Å². The molecule has 0 radical (unpaired) electrons. The minimum Gasteiger partial charge on any atom is -0.315 e. The Balaban J connectivity index is 1.77. The van der Waals surface area contributed by atoms with Crippen molar-refractivity contribution in [1.29, 1.82) is 0 Å². The molecule has 0 aliphatic rings. The van der Waals surface area contributed by atoms with Crippen molar-refractivity contribution in [2.75, 3.05) is 7.05 Å². The normalized spacial score (nSPS) is 12.3. The van der Waals surface area contributed by atoms with Crippen LogP contribution < -0.4 is 4.90 Å². The fraction of sp³-hybridized carbons (Fsp3) is 0.222. The molecule has 0 amide bonds. The first-order chi connectivity index (χ1) is 11.5. The lowest BCUT2D eigenvalue weighted by Crippen LogP contribution is -3.07. The van der Waals surface area contributed by atoms with Crippen LogP contribution in [0.5, 0.6) is 0 Å². The third-order valence-corrected chi connectivity index (χ3v) is 4.33. The average molecular weight is 343 g/mol. The number of hydrogen-bond donors (Lipinski definition) is 1. The number of aromatic nitrogens is 3. The van der Waals surface area contributed by atoms with E-state index >= 15 is 0 Å². The molecule has 0 fully saturated rings. The fourth-order valence-corrected chi connectivity index (χ4v) is 3.01. The van der Waals surface area contributed by atoms with Crippen LogP contribution in [-0.4, -0.2) is 21.4 Å². The summed E-state index contributed by atoms with van der Waals surface area (Å²) < 4.78 is 17.7. The summed E-state index contributed by atoms with van der Waals surface area (Å²) in [6.45, 7) is 3.38. The second-order valence-electron chi connectivity index (χ2n) is 5.99. The Morgan fingerprint density at radius 2 is 1.96 bits per heavy atom. The van der Waals surface area contributed by atoms with Gasteiger partial charge in [0.1, 0.15) is 18.7 Å². The fourth-order valence-electron chi connectivity index (χ4n) is 2.75. The monoisotopic (exact) mass is 343 g/mol. The van der Waals surface area contributed by atoms with Crippen molar-refractivity contribution < 1.29 is 9.29 Å². The average Bonchev–Trinajstić information content (AvgIpc) is 2.89. The van der Waals surface area contributed by atoms with Gasteiger partial charge >= 0.3 is 0 Å². The highest BCUT2D eigenvalue weighted by molar-refractivity contribution is 7.71. The number of halogens is 1. The summed E-state index contributed by atoms with van der Waals surface area (Å²) in [5.74, 6) is -0.208. The number of hydrogen-bond acceptors (Lipinski definition) is 2. The lowest BCUT2D eigenvalue weighted by molar-refractivity contribution is -0.917. The van der Waals surface area contributed by atoms with Crippen LogP contribution in [0.1, 0.15) is 11.1 Å². The van der Waals surface area contributed by atoms with Crippen LogP contribution >= 0.6 is 12.2 Å². The highest BCUT2D eigenvalue weighted by Gasteiger charge is 2.10. The summed E-state index contributed by atoms with van der Waals surface area (Å²) in [5.41, 5.74) is 3.14. The maximum Gasteiger partial charge on any atom is 0.207 e. The lowest BCUT2D eigenvalue weighted by Gasteiger charge is -2.14.